The van der Waals surface area contributed by atoms with Gasteiger partial charge in [-0.3, -0.25) is 0 Å². The Labute approximate surface area is 122 Å². The van der Waals surface area contributed by atoms with Crippen LogP contribution in [0.1, 0.15) is 18.9 Å². The fourth-order valence-corrected chi connectivity index (χ4v) is 4.22. The molecule has 1 aromatic carbocycles. The first kappa shape index (κ1) is 15.3. The van der Waals surface area contributed by atoms with E-state index in [-0.39, 0.29) is 17.5 Å². The lowest BCUT2D eigenvalue weighted by atomic mass is 10.1. The molecule has 1 aliphatic heterocycles. The van der Waals surface area contributed by atoms with Crippen LogP contribution in [0.3, 0.4) is 0 Å². The van der Waals surface area contributed by atoms with E-state index in [1.54, 1.807) is 0 Å². The Hall–Kier alpha value is -1.07. The van der Waals surface area contributed by atoms with Gasteiger partial charge in [-0.15, -0.1) is 0 Å². The molecule has 112 valence electrons. The second-order valence-corrected chi connectivity index (χ2v) is 7.65. The summed E-state index contributed by atoms with van der Waals surface area (Å²) in [5.74, 6) is 0.553. The predicted molar refractivity (Wildman–Crippen MR) is 84.1 cm³/mol. The Morgan fingerprint density at radius 2 is 2.10 bits per heavy atom. The second kappa shape index (κ2) is 6.59. The molecule has 0 spiro atoms. The summed E-state index contributed by atoms with van der Waals surface area (Å²) in [6.45, 7) is 6.65. The van der Waals surface area contributed by atoms with Gasteiger partial charge in [0.1, 0.15) is 0 Å². The molecule has 0 radical (unpaired) electrons. The van der Waals surface area contributed by atoms with Gasteiger partial charge < -0.3 is 10.2 Å². The minimum Gasteiger partial charge on any atom is -0.372 e. The topological polar surface area (TPSA) is 49.4 Å². The zero-order valence-corrected chi connectivity index (χ0v) is 13.1. The normalized spacial score (nSPS) is 21.6. The summed E-state index contributed by atoms with van der Waals surface area (Å²) < 4.78 is 23.3. The second-order valence-electron chi connectivity index (χ2n) is 5.42. The maximum absolute atomic E-state index is 11.6. The van der Waals surface area contributed by atoms with Gasteiger partial charge in [0.25, 0.3) is 0 Å². The van der Waals surface area contributed by atoms with Crippen molar-refractivity contribution in [2.75, 3.05) is 36.0 Å². The molecular formula is C15H24N2O2S. The van der Waals surface area contributed by atoms with E-state index >= 15 is 0 Å². The van der Waals surface area contributed by atoms with Crippen LogP contribution in [0.4, 0.5) is 5.69 Å². The lowest BCUT2D eigenvalue weighted by Crippen LogP contribution is -2.46. The van der Waals surface area contributed by atoms with E-state index in [4.69, 9.17) is 0 Å². The molecule has 4 nitrogen and oxygen atoms in total. The summed E-state index contributed by atoms with van der Waals surface area (Å²) >= 11 is 0. The molecule has 0 saturated carbocycles. The van der Waals surface area contributed by atoms with Gasteiger partial charge in [-0.2, -0.15) is 0 Å². The highest BCUT2D eigenvalue weighted by molar-refractivity contribution is 7.91. The molecule has 5 heteroatoms. The number of para-hydroxylation sites is 1. The molecule has 0 amide bonds. The van der Waals surface area contributed by atoms with Crippen molar-refractivity contribution < 1.29 is 8.42 Å². The smallest absolute Gasteiger partial charge is 0.153 e. The van der Waals surface area contributed by atoms with Crippen LogP contribution in [0.15, 0.2) is 24.3 Å². The van der Waals surface area contributed by atoms with Crippen LogP contribution in [-0.2, 0) is 9.84 Å². The number of sulfone groups is 1. The molecule has 1 aromatic rings. The zero-order valence-electron chi connectivity index (χ0n) is 12.3. The van der Waals surface area contributed by atoms with Crippen molar-refractivity contribution in [3.05, 3.63) is 29.8 Å². The van der Waals surface area contributed by atoms with E-state index in [0.717, 1.165) is 19.5 Å². The molecule has 1 aliphatic rings. The van der Waals surface area contributed by atoms with Gasteiger partial charge in [-0.1, -0.05) is 18.2 Å². The SMILES string of the molecule is CCN(CCC1CS(=O)(=O)CCN1)c1ccccc1C. The zero-order chi connectivity index (χ0) is 14.6. The number of benzene rings is 1. The Balaban J connectivity index is 1.96. The average molecular weight is 296 g/mol. The molecule has 1 saturated heterocycles. The summed E-state index contributed by atoms with van der Waals surface area (Å²) in [5, 5.41) is 3.31. The van der Waals surface area contributed by atoms with Crippen molar-refractivity contribution in [2.45, 2.75) is 26.3 Å². The number of hydrogen-bond donors (Lipinski definition) is 1. The molecule has 0 bridgehead atoms. The molecular weight excluding hydrogens is 272 g/mol. The van der Waals surface area contributed by atoms with Crippen LogP contribution in [-0.4, -0.2) is 45.6 Å². The third-order valence-electron chi connectivity index (χ3n) is 3.89. The highest BCUT2D eigenvalue weighted by Crippen LogP contribution is 2.20. The fourth-order valence-electron chi connectivity index (χ4n) is 2.73. The van der Waals surface area contributed by atoms with E-state index in [1.165, 1.54) is 11.3 Å². The van der Waals surface area contributed by atoms with Gasteiger partial charge in [-0.25, -0.2) is 8.42 Å². The molecule has 1 atom stereocenters. The third-order valence-corrected chi connectivity index (χ3v) is 5.62. The number of rotatable bonds is 5. The Bertz CT molecular complexity index is 543. The average Bonchev–Trinajstić information content (AvgIpc) is 2.40. The minimum absolute atomic E-state index is 0.0896. The first-order valence-electron chi connectivity index (χ1n) is 7.26. The number of nitrogens with zero attached hydrogens (tertiary/aromatic N) is 1. The largest absolute Gasteiger partial charge is 0.372 e. The number of aryl methyl sites for hydroxylation is 1. The van der Waals surface area contributed by atoms with Gasteiger partial charge in [0.15, 0.2) is 9.84 Å². The number of hydrogen-bond acceptors (Lipinski definition) is 4. The molecule has 1 heterocycles. The Morgan fingerprint density at radius 3 is 2.75 bits per heavy atom. The monoisotopic (exact) mass is 296 g/mol. The van der Waals surface area contributed by atoms with Gasteiger partial charge >= 0.3 is 0 Å². The van der Waals surface area contributed by atoms with Crippen LogP contribution in [0.25, 0.3) is 0 Å². The maximum atomic E-state index is 11.6. The summed E-state index contributed by atoms with van der Waals surface area (Å²) in [4.78, 5) is 2.32. The van der Waals surface area contributed by atoms with Crippen LogP contribution in [0.5, 0.6) is 0 Å². The van der Waals surface area contributed by atoms with E-state index in [0.29, 0.717) is 6.54 Å². The highest BCUT2D eigenvalue weighted by Gasteiger charge is 2.24. The Morgan fingerprint density at radius 1 is 1.35 bits per heavy atom. The van der Waals surface area contributed by atoms with Crippen LogP contribution in [0.2, 0.25) is 0 Å². The lowest BCUT2D eigenvalue weighted by Gasteiger charge is -2.29. The first-order chi connectivity index (χ1) is 9.52. The Kier molecular flexibility index (Phi) is 5.05. The maximum Gasteiger partial charge on any atom is 0.153 e. The summed E-state index contributed by atoms with van der Waals surface area (Å²) in [6, 6.07) is 8.42. The summed E-state index contributed by atoms with van der Waals surface area (Å²) in [7, 11) is -2.84. The molecule has 2 rings (SSSR count). The van der Waals surface area contributed by atoms with Crippen molar-refractivity contribution in [2.24, 2.45) is 0 Å². The van der Waals surface area contributed by atoms with E-state index in [1.807, 2.05) is 12.1 Å². The predicted octanol–water partition coefficient (Wildman–Crippen LogP) is 1.60. The quantitative estimate of drug-likeness (QED) is 0.896. The minimum atomic E-state index is -2.84. The van der Waals surface area contributed by atoms with Crippen molar-refractivity contribution in [3.8, 4) is 0 Å². The highest BCUT2D eigenvalue weighted by atomic mass is 32.2. The van der Waals surface area contributed by atoms with Crippen molar-refractivity contribution >= 4 is 15.5 Å². The molecule has 0 aromatic heterocycles. The third kappa shape index (κ3) is 3.96. The number of nitrogens with one attached hydrogen (secondary N) is 1. The van der Waals surface area contributed by atoms with Gasteiger partial charge in [0.05, 0.1) is 11.5 Å². The van der Waals surface area contributed by atoms with Crippen LogP contribution >= 0.6 is 0 Å². The molecule has 20 heavy (non-hydrogen) atoms. The molecule has 1 N–H and O–H groups in total. The molecule has 0 aliphatic carbocycles. The summed E-state index contributed by atoms with van der Waals surface area (Å²) in [5.41, 5.74) is 2.51. The van der Waals surface area contributed by atoms with Crippen molar-refractivity contribution in [1.29, 1.82) is 0 Å². The first-order valence-corrected chi connectivity index (χ1v) is 9.08. The van der Waals surface area contributed by atoms with Crippen LogP contribution < -0.4 is 10.2 Å². The van der Waals surface area contributed by atoms with Gasteiger partial charge in [0.2, 0.25) is 0 Å². The van der Waals surface area contributed by atoms with E-state index in [2.05, 4.69) is 36.2 Å². The van der Waals surface area contributed by atoms with Crippen molar-refractivity contribution in [1.82, 2.24) is 5.32 Å². The van der Waals surface area contributed by atoms with E-state index in [9.17, 15) is 8.42 Å². The van der Waals surface area contributed by atoms with Gasteiger partial charge in [-0.05, 0) is 31.9 Å². The number of anilines is 1. The molecule has 1 fully saturated rings. The standard InChI is InChI=1S/C15H24N2O2S/c1-3-17(15-7-5-4-6-13(15)2)10-8-14-12-20(18,19)11-9-16-14/h4-7,14,16H,3,8-12H2,1-2H3. The van der Waals surface area contributed by atoms with E-state index < -0.39 is 9.84 Å². The fraction of sp³-hybridized carbons (Fsp3) is 0.600. The molecule has 1 unspecified atom stereocenters. The van der Waals surface area contributed by atoms with Crippen LogP contribution in [0, 0.1) is 6.92 Å². The van der Waals surface area contributed by atoms with Gasteiger partial charge in [0, 0.05) is 31.4 Å². The summed E-state index contributed by atoms with van der Waals surface area (Å²) in [6.07, 6.45) is 0.863. The lowest BCUT2D eigenvalue weighted by molar-refractivity contribution is 0.493. The van der Waals surface area contributed by atoms with Crippen molar-refractivity contribution in [3.63, 3.8) is 0 Å².